The Morgan fingerprint density at radius 2 is 1.93 bits per heavy atom. The van der Waals surface area contributed by atoms with Crippen molar-refractivity contribution in [2.45, 2.75) is 32.1 Å². The first-order chi connectivity index (χ1) is 13.5. The van der Waals surface area contributed by atoms with Crippen molar-refractivity contribution in [1.29, 1.82) is 10.5 Å². The Morgan fingerprint density at radius 3 is 2.54 bits per heavy atom. The normalized spacial score (nSPS) is 20.8. The minimum atomic E-state index is -0.858. The van der Waals surface area contributed by atoms with Gasteiger partial charge in [0.1, 0.15) is 5.92 Å². The van der Waals surface area contributed by atoms with E-state index in [1.807, 2.05) is 12.1 Å². The number of carbonyl (C=O) groups excluding carboxylic acids is 2. The van der Waals surface area contributed by atoms with Gasteiger partial charge < -0.3 is 10.6 Å². The van der Waals surface area contributed by atoms with Gasteiger partial charge in [0.05, 0.1) is 28.5 Å². The summed E-state index contributed by atoms with van der Waals surface area (Å²) in [6.07, 6.45) is 4.11. The monoisotopic (exact) mass is 458 g/mol. The summed E-state index contributed by atoms with van der Waals surface area (Å²) in [6.45, 7) is 0. The molecular formula is C20H19BrN4O2S. The molecule has 28 heavy (non-hydrogen) atoms. The highest BCUT2D eigenvalue weighted by molar-refractivity contribution is 9.10. The predicted octanol–water partition coefficient (Wildman–Crippen LogP) is 4.08. The molecule has 3 rings (SSSR count). The Balaban J connectivity index is 1.78. The van der Waals surface area contributed by atoms with Crippen molar-refractivity contribution in [3.8, 4) is 12.1 Å². The van der Waals surface area contributed by atoms with Crippen LogP contribution in [0.4, 0.5) is 5.69 Å². The Kier molecular flexibility index (Phi) is 6.43. The number of nitrogens with zero attached hydrogens (tertiary/aromatic N) is 2. The lowest BCUT2D eigenvalue weighted by molar-refractivity contribution is -0.126. The molecule has 1 spiro atoms. The molecule has 144 valence electrons. The van der Waals surface area contributed by atoms with Crippen LogP contribution >= 0.6 is 27.7 Å². The summed E-state index contributed by atoms with van der Waals surface area (Å²) in [5.74, 6) is -1.40. The smallest absolute Gasteiger partial charge is 0.243 e. The van der Waals surface area contributed by atoms with E-state index in [4.69, 9.17) is 0 Å². The molecule has 1 aromatic carbocycles. The fraction of sp³-hybridized carbons (Fsp3) is 0.400. The van der Waals surface area contributed by atoms with E-state index in [9.17, 15) is 20.1 Å². The summed E-state index contributed by atoms with van der Waals surface area (Å²) in [5.41, 5.74) is 0.387. The summed E-state index contributed by atoms with van der Waals surface area (Å²) in [7, 11) is 0. The number of allylic oxidation sites excluding steroid dienone is 1. The summed E-state index contributed by atoms with van der Waals surface area (Å²) >= 11 is 4.48. The second-order valence-corrected chi connectivity index (χ2v) is 8.83. The van der Waals surface area contributed by atoms with Crippen LogP contribution in [0.5, 0.6) is 0 Å². The van der Waals surface area contributed by atoms with Gasteiger partial charge in [0.15, 0.2) is 0 Å². The molecular weight excluding hydrogens is 440 g/mol. The molecule has 0 unspecified atom stereocenters. The summed E-state index contributed by atoms with van der Waals surface area (Å²) in [4.78, 5) is 24.8. The lowest BCUT2D eigenvalue weighted by atomic mass is 9.61. The fourth-order valence-corrected chi connectivity index (χ4v) is 5.09. The number of carbonyl (C=O) groups is 2. The molecule has 1 aliphatic carbocycles. The van der Waals surface area contributed by atoms with Crippen LogP contribution in [0, 0.1) is 34.0 Å². The number of thioether (sulfide) groups is 1. The van der Waals surface area contributed by atoms with E-state index in [1.165, 1.54) is 0 Å². The van der Waals surface area contributed by atoms with Crippen molar-refractivity contribution < 1.29 is 9.59 Å². The number of nitrogens with one attached hydrogen (secondary N) is 2. The van der Waals surface area contributed by atoms with Crippen LogP contribution in [0.25, 0.3) is 0 Å². The van der Waals surface area contributed by atoms with Crippen molar-refractivity contribution in [2.24, 2.45) is 11.3 Å². The molecule has 1 fully saturated rings. The third kappa shape index (κ3) is 4.09. The van der Waals surface area contributed by atoms with Gasteiger partial charge >= 0.3 is 0 Å². The molecule has 0 radical (unpaired) electrons. The van der Waals surface area contributed by atoms with E-state index < -0.39 is 11.3 Å². The Hall–Kier alpha value is -2.29. The minimum Gasteiger partial charge on any atom is -0.325 e. The highest BCUT2D eigenvalue weighted by atomic mass is 79.9. The number of hydrogen-bond donors (Lipinski definition) is 2. The zero-order valence-corrected chi connectivity index (χ0v) is 17.5. The third-order valence-electron chi connectivity index (χ3n) is 5.24. The van der Waals surface area contributed by atoms with E-state index in [0.717, 1.165) is 35.5 Å². The van der Waals surface area contributed by atoms with E-state index in [1.54, 1.807) is 12.1 Å². The van der Waals surface area contributed by atoms with E-state index in [2.05, 4.69) is 38.7 Å². The average molecular weight is 459 g/mol. The maximum atomic E-state index is 12.5. The van der Waals surface area contributed by atoms with Crippen molar-refractivity contribution in [3.05, 3.63) is 39.3 Å². The number of amides is 2. The zero-order chi connectivity index (χ0) is 20.1. The minimum absolute atomic E-state index is 0.0597. The van der Waals surface area contributed by atoms with Gasteiger partial charge in [-0.2, -0.15) is 10.5 Å². The molecule has 0 aromatic heterocycles. The Morgan fingerprint density at radius 1 is 1.25 bits per heavy atom. The first-order valence-corrected chi connectivity index (χ1v) is 10.8. The largest absolute Gasteiger partial charge is 0.325 e. The number of rotatable bonds is 4. The van der Waals surface area contributed by atoms with Gasteiger partial charge in [-0.05, 0) is 37.1 Å². The maximum Gasteiger partial charge on any atom is 0.243 e. The van der Waals surface area contributed by atoms with Crippen LogP contribution in [-0.2, 0) is 9.59 Å². The number of halogens is 1. The molecule has 1 aromatic rings. The van der Waals surface area contributed by atoms with Gasteiger partial charge in [0.2, 0.25) is 11.8 Å². The van der Waals surface area contributed by atoms with Crippen molar-refractivity contribution in [3.63, 3.8) is 0 Å². The summed E-state index contributed by atoms with van der Waals surface area (Å²) in [5, 5.41) is 25.3. The van der Waals surface area contributed by atoms with Crippen LogP contribution in [0.3, 0.4) is 0 Å². The van der Waals surface area contributed by atoms with Gasteiger partial charge in [0, 0.05) is 15.6 Å². The molecule has 1 heterocycles. The lowest BCUT2D eigenvalue weighted by Crippen LogP contribution is -2.48. The first kappa shape index (κ1) is 20.4. The topological polar surface area (TPSA) is 106 Å². The quantitative estimate of drug-likeness (QED) is 0.706. The van der Waals surface area contributed by atoms with Gasteiger partial charge in [-0.15, -0.1) is 0 Å². The molecule has 1 saturated carbocycles. The van der Waals surface area contributed by atoms with Crippen LogP contribution in [0.2, 0.25) is 0 Å². The summed E-state index contributed by atoms with van der Waals surface area (Å²) < 4.78 is 0.915. The zero-order valence-electron chi connectivity index (χ0n) is 15.1. The molecule has 6 nitrogen and oxygen atoms in total. The second-order valence-electron chi connectivity index (χ2n) is 6.93. The van der Waals surface area contributed by atoms with E-state index >= 15 is 0 Å². The highest BCUT2D eigenvalue weighted by Gasteiger charge is 2.51. The molecule has 8 heteroatoms. The van der Waals surface area contributed by atoms with Gasteiger partial charge in [0.25, 0.3) is 0 Å². The number of nitriles is 2. The molecule has 1 atom stereocenters. The predicted molar refractivity (Wildman–Crippen MR) is 111 cm³/mol. The molecule has 0 bridgehead atoms. The fourth-order valence-electron chi connectivity index (χ4n) is 3.91. The standard InChI is InChI=1S/C20H19BrN4O2S/c21-13-4-6-14(7-5-13)24-17(26)12-28-19-16(11-23)20(8-2-1-3-9-20)15(10-22)18(27)25-19/h4-7,15H,1-3,8-9,12H2,(H,24,26)(H,25,27)/t15-/m1/s1. The SMILES string of the molecule is N#CC1=C(SCC(=O)Nc2ccc(Br)cc2)NC(=O)[C@@H](C#N)C12CCCCC2. The van der Waals surface area contributed by atoms with Crippen LogP contribution in [0.15, 0.2) is 39.3 Å². The maximum absolute atomic E-state index is 12.5. The average Bonchev–Trinajstić information content (AvgIpc) is 2.69. The summed E-state index contributed by atoms with van der Waals surface area (Å²) in [6, 6.07) is 11.6. The Bertz CT molecular complexity index is 892. The van der Waals surface area contributed by atoms with Crippen molar-refractivity contribution >= 4 is 45.2 Å². The van der Waals surface area contributed by atoms with Crippen LogP contribution < -0.4 is 10.6 Å². The first-order valence-electron chi connectivity index (χ1n) is 9.04. The Labute approximate surface area is 176 Å². The van der Waals surface area contributed by atoms with Crippen molar-refractivity contribution in [1.82, 2.24) is 5.32 Å². The van der Waals surface area contributed by atoms with Gasteiger partial charge in [-0.3, -0.25) is 9.59 Å². The lowest BCUT2D eigenvalue weighted by Gasteiger charge is -2.43. The molecule has 2 amide bonds. The number of anilines is 1. The number of hydrogen-bond acceptors (Lipinski definition) is 5. The van der Waals surface area contributed by atoms with Crippen LogP contribution in [0.1, 0.15) is 32.1 Å². The third-order valence-corrected chi connectivity index (χ3v) is 6.77. The molecule has 1 aliphatic heterocycles. The van der Waals surface area contributed by atoms with E-state index in [-0.39, 0.29) is 17.6 Å². The van der Waals surface area contributed by atoms with E-state index in [0.29, 0.717) is 29.1 Å². The van der Waals surface area contributed by atoms with Crippen molar-refractivity contribution in [2.75, 3.05) is 11.1 Å². The second kappa shape index (κ2) is 8.81. The molecule has 0 saturated heterocycles. The molecule has 2 aliphatic rings. The number of benzene rings is 1. The van der Waals surface area contributed by atoms with Gasteiger partial charge in [-0.25, -0.2) is 0 Å². The molecule has 2 N–H and O–H groups in total. The van der Waals surface area contributed by atoms with Crippen LogP contribution in [-0.4, -0.2) is 17.6 Å². The highest BCUT2D eigenvalue weighted by Crippen LogP contribution is 2.51. The van der Waals surface area contributed by atoms with Gasteiger partial charge in [-0.1, -0.05) is 47.0 Å².